The summed E-state index contributed by atoms with van der Waals surface area (Å²) in [5.74, 6) is 0.206. The second kappa shape index (κ2) is 8.75. The zero-order valence-electron chi connectivity index (χ0n) is 14.2. The van der Waals surface area contributed by atoms with Crippen LogP contribution in [0.1, 0.15) is 19.4 Å². The average Bonchev–Trinajstić information content (AvgIpc) is 2.56. The Hall–Kier alpha value is -1.99. The predicted molar refractivity (Wildman–Crippen MR) is 90.8 cm³/mol. The van der Waals surface area contributed by atoms with Gasteiger partial charge in [0, 0.05) is 37.3 Å². The maximum absolute atomic E-state index is 12.2. The van der Waals surface area contributed by atoms with Crippen molar-refractivity contribution in [1.82, 2.24) is 10.2 Å². The largest absolute Gasteiger partial charge is 0.379 e. The van der Waals surface area contributed by atoms with Crippen molar-refractivity contribution < 1.29 is 14.5 Å². The van der Waals surface area contributed by atoms with Gasteiger partial charge >= 0.3 is 0 Å². The normalized spacial score (nSPS) is 16.8. The third-order valence-electron chi connectivity index (χ3n) is 4.33. The lowest BCUT2D eigenvalue weighted by Gasteiger charge is -2.36. The second-order valence-corrected chi connectivity index (χ2v) is 6.33. The summed E-state index contributed by atoms with van der Waals surface area (Å²) in [5.41, 5.74) is 0.425. The highest BCUT2D eigenvalue weighted by atomic mass is 16.6. The Morgan fingerprint density at radius 3 is 2.62 bits per heavy atom. The topological polar surface area (TPSA) is 84.7 Å². The molecule has 1 saturated heterocycles. The fraction of sp³-hybridized carbons (Fsp3) is 0.588. The molecule has 0 spiro atoms. The molecule has 1 heterocycles. The highest BCUT2D eigenvalue weighted by molar-refractivity contribution is 5.79. The van der Waals surface area contributed by atoms with Crippen molar-refractivity contribution in [2.45, 2.75) is 26.3 Å². The Kier molecular flexibility index (Phi) is 6.69. The van der Waals surface area contributed by atoms with Crippen molar-refractivity contribution in [3.05, 3.63) is 39.9 Å². The number of nitro groups is 1. The summed E-state index contributed by atoms with van der Waals surface area (Å²) in [5, 5.41) is 14.0. The van der Waals surface area contributed by atoms with E-state index in [1.54, 1.807) is 18.2 Å². The number of nitrogens with zero attached hydrogens (tertiary/aromatic N) is 2. The van der Waals surface area contributed by atoms with Gasteiger partial charge in [-0.1, -0.05) is 32.0 Å². The summed E-state index contributed by atoms with van der Waals surface area (Å²) >= 11 is 0. The monoisotopic (exact) mass is 335 g/mol. The van der Waals surface area contributed by atoms with Crippen molar-refractivity contribution in [3.8, 4) is 0 Å². The van der Waals surface area contributed by atoms with Crippen molar-refractivity contribution in [2.24, 2.45) is 5.92 Å². The molecule has 1 amide bonds. The number of benzene rings is 1. The Labute approximate surface area is 142 Å². The highest BCUT2D eigenvalue weighted by Gasteiger charge is 2.24. The molecule has 1 atom stereocenters. The summed E-state index contributed by atoms with van der Waals surface area (Å²) in [7, 11) is 0. The van der Waals surface area contributed by atoms with Crippen LogP contribution in [0.4, 0.5) is 5.69 Å². The number of carbonyl (C=O) groups excluding carboxylic acids is 1. The molecule has 7 heteroatoms. The first-order chi connectivity index (χ1) is 11.5. The molecule has 1 N–H and O–H groups in total. The number of hydrogen-bond acceptors (Lipinski definition) is 5. The van der Waals surface area contributed by atoms with Gasteiger partial charge in [0.25, 0.3) is 5.69 Å². The Morgan fingerprint density at radius 2 is 2.00 bits per heavy atom. The van der Waals surface area contributed by atoms with Crippen LogP contribution in [0, 0.1) is 16.0 Å². The Bertz CT molecular complexity index is 571. The molecular formula is C17H25N3O4. The molecule has 24 heavy (non-hydrogen) atoms. The van der Waals surface area contributed by atoms with Crippen LogP contribution >= 0.6 is 0 Å². The minimum absolute atomic E-state index is 0.0127. The first-order valence-electron chi connectivity index (χ1n) is 8.30. The summed E-state index contributed by atoms with van der Waals surface area (Å²) in [6.45, 7) is 7.96. The van der Waals surface area contributed by atoms with Crippen LogP contribution in [0.3, 0.4) is 0 Å². The quantitative estimate of drug-likeness (QED) is 0.604. The Morgan fingerprint density at radius 1 is 1.33 bits per heavy atom. The van der Waals surface area contributed by atoms with E-state index in [1.807, 2.05) is 0 Å². The molecule has 0 bridgehead atoms. The fourth-order valence-electron chi connectivity index (χ4n) is 2.99. The number of ether oxygens (including phenoxy) is 1. The van der Waals surface area contributed by atoms with E-state index in [4.69, 9.17) is 4.74 Å². The molecule has 0 aromatic heterocycles. The van der Waals surface area contributed by atoms with Crippen LogP contribution in [0.25, 0.3) is 0 Å². The molecule has 0 saturated carbocycles. The molecule has 132 valence electrons. The maximum Gasteiger partial charge on any atom is 0.273 e. The summed E-state index contributed by atoms with van der Waals surface area (Å²) in [4.78, 5) is 25.1. The zero-order valence-corrected chi connectivity index (χ0v) is 14.2. The number of hydrogen-bond donors (Lipinski definition) is 1. The van der Waals surface area contributed by atoms with Crippen LogP contribution in [0.5, 0.6) is 0 Å². The molecule has 1 aliphatic heterocycles. The number of carbonyl (C=O) groups is 1. The maximum atomic E-state index is 12.2. The van der Waals surface area contributed by atoms with E-state index in [-0.39, 0.29) is 24.1 Å². The van der Waals surface area contributed by atoms with Crippen molar-refractivity contribution in [1.29, 1.82) is 0 Å². The number of amides is 1. The predicted octanol–water partition coefficient (Wildman–Crippen LogP) is 1.61. The van der Waals surface area contributed by atoms with Gasteiger partial charge in [-0.25, -0.2) is 0 Å². The SMILES string of the molecule is CC(C)C(CNC(=O)Cc1ccccc1[N+](=O)[O-])N1CCOCC1. The molecule has 1 unspecified atom stereocenters. The van der Waals surface area contributed by atoms with Crippen molar-refractivity contribution >= 4 is 11.6 Å². The average molecular weight is 335 g/mol. The van der Waals surface area contributed by atoms with Gasteiger partial charge in [0.2, 0.25) is 5.91 Å². The van der Waals surface area contributed by atoms with Gasteiger partial charge < -0.3 is 10.1 Å². The van der Waals surface area contributed by atoms with E-state index in [9.17, 15) is 14.9 Å². The van der Waals surface area contributed by atoms with Gasteiger partial charge in [0.1, 0.15) is 0 Å². The van der Waals surface area contributed by atoms with Gasteiger partial charge in [-0.15, -0.1) is 0 Å². The molecule has 1 aromatic carbocycles. The third-order valence-corrected chi connectivity index (χ3v) is 4.33. The van der Waals surface area contributed by atoms with E-state index >= 15 is 0 Å². The third kappa shape index (κ3) is 5.01. The second-order valence-electron chi connectivity index (χ2n) is 6.33. The van der Waals surface area contributed by atoms with Gasteiger partial charge in [-0.3, -0.25) is 19.8 Å². The van der Waals surface area contributed by atoms with E-state index in [0.717, 1.165) is 13.1 Å². The summed E-state index contributed by atoms with van der Waals surface area (Å²) < 4.78 is 5.38. The van der Waals surface area contributed by atoms with E-state index in [1.165, 1.54) is 6.07 Å². The molecule has 1 aromatic rings. The van der Waals surface area contributed by atoms with Crippen molar-refractivity contribution in [3.63, 3.8) is 0 Å². The molecule has 1 fully saturated rings. The first-order valence-corrected chi connectivity index (χ1v) is 8.30. The molecule has 2 rings (SSSR count). The highest BCUT2D eigenvalue weighted by Crippen LogP contribution is 2.18. The number of nitrogens with one attached hydrogen (secondary N) is 1. The van der Waals surface area contributed by atoms with Crippen LogP contribution < -0.4 is 5.32 Å². The van der Waals surface area contributed by atoms with E-state index < -0.39 is 4.92 Å². The summed E-state index contributed by atoms with van der Waals surface area (Å²) in [6.07, 6.45) is 0.0189. The van der Waals surface area contributed by atoms with Crippen LogP contribution in [-0.2, 0) is 16.0 Å². The minimum atomic E-state index is -0.451. The molecule has 1 aliphatic rings. The van der Waals surface area contributed by atoms with E-state index in [0.29, 0.717) is 31.2 Å². The van der Waals surface area contributed by atoms with Crippen LogP contribution in [0.2, 0.25) is 0 Å². The van der Waals surface area contributed by atoms with Crippen molar-refractivity contribution in [2.75, 3.05) is 32.8 Å². The molecule has 7 nitrogen and oxygen atoms in total. The minimum Gasteiger partial charge on any atom is -0.379 e. The molecular weight excluding hydrogens is 310 g/mol. The smallest absolute Gasteiger partial charge is 0.273 e. The zero-order chi connectivity index (χ0) is 17.5. The summed E-state index contributed by atoms with van der Waals surface area (Å²) in [6, 6.07) is 6.60. The molecule has 0 aliphatic carbocycles. The number of nitro benzene ring substituents is 1. The van der Waals surface area contributed by atoms with Gasteiger partial charge in [0.15, 0.2) is 0 Å². The standard InChI is InChI=1S/C17H25N3O4/c1-13(2)16(19-7-9-24-10-8-19)12-18-17(21)11-14-5-3-4-6-15(14)20(22)23/h3-6,13,16H,7-12H2,1-2H3,(H,18,21). The molecule has 0 radical (unpaired) electrons. The number of para-hydroxylation sites is 1. The van der Waals surface area contributed by atoms with Gasteiger partial charge in [0.05, 0.1) is 24.6 Å². The van der Waals surface area contributed by atoms with Gasteiger partial charge in [-0.2, -0.15) is 0 Å². The van der Waals surface area contributed by atoms with Gasteiger partial charge in [-0.05, 0) is 5.92 Å². The lowest BCUT2D eigenvalue weighted by Crippen LogP contribution is -2.51. The lowest BCUT2D eigenvalue weighted by atomic mass is 10.0. The van der Waals surface area contributed by atoms with E-state index in [2.05, 4.69) is 24.1 Å². The first kappa shape index (κ1) is 18.4. The van der Waals surface area contributed by atoms with Crippen LogP contribution in [-0.4, -0.2) is 54.6 Å². The number of morpholine rings is 1. The Balaban J connectivity index is 1.93. The lowest BCUT2D eigenvalue weighted by molar-refractivity contribution is -0.385. The fourth-order valence-corrected chi connectivity index (χ4v) is 2.99. The number of rotatable bonds is 7. The van der Waals surface area contributed by atoms with Crippen LogP contribution in [0.15, 0.2) is 24.3 Å².